The van der Waals surface area contributed by atoms with E-state index in [0.717, 1.165) is 5.56 Å². The molecule has 0 unspecified atom stereocenters. The average molecular weight is 221 g/mol. The Morgan fingerprint density at radius 3 is 2.94 bits per heavy atom. The van der Waals surface area contributed by atoms with Crippen LogP contribution in [-0.4, -0.2) is 13.2 Å². The first-order chi connectivity index (χ1) is 7.79. The Kier molecular flexibility index (Phi) is 5.38. The zero-order valence-electron chi connectivity index (χ0n) is 9.42. The number of hydrogen-bond donors (Lipinski definition) is 1. The van der Waals surface area contributed by atoms with E-state index in [-0.39, 0.29) is 5.82 Å². The van der Waals surface area contributed by atoms with E-state index in [1.54, 1.807) is 13.0 Å². The lowest BCUT2D eigenvalue weighted by Crippen LogP contribution is -2.07. The van der Waals surface area contributed by atoms with E-state index in [9.17, 15) is 4.39 Å². The van der Waals surface area contributed by atoms with E-state index in [1.165, 1.54) is 6.07 Å². The normalized spacial score (nSPS) is 9.44. The number of hydrogen-bond acceptors (Lipinski definition) is 2. The first-order valence-electron chi connectivity index (χ1n) is 5.29. The molecule has 0 radical (unpaired) electrons. The number of nitrogens with two attached hydrogens (primary N) is 1. The summed E-state index contributed by atoms with van der Waals surface area (Å²) < 4.78 is 18.9. The van der Waals surface area contributed by atoms with Crippen LogP contribution < -0.4 is 10.5 Å². The van der Waals surface area contributed by atoms with Gasteiger partial charge in [0.05, 0.1) is 6.61 Å². The molecule has 0 saturated heterocycles. The molecule has 0 aliphatic heterocycles. The molecule has 0 atom stereocenters. The molecule has 2 nitrogen and oxygen atoms in total. The highest BCUT2D eigenvalue weighted by Gasteiger charge is 2.08. The summed E-state index contributed by atoms with van der Waals surface area (Å²) in [6.07, 6.45) is 1.22. The molecule has 0 heterocycles. The minimum Gasteiger partial charge on any atom is -0.489 e. The Morgan fingerprint density at radius 2 is 2.25 bits per heavy atom. The predicted molar refractivity (Wildman–Crippen MR) is 62.7 cm³/mol. The van der Waals surface area contributed by atoms with Crippen molar-refractivity contribution in [3.05, 3.63) is 29.6 Å². The predicted octanol–water partition coefficient (Wildman–Crippen LogP) is 2.12. The van der Waals surface area contributed by atoms with Gasteiger partial charge in [0.15, 0.2) is 11.6 Å². The first-order valence-corrected chi connectivity index (χ1v) is 5.29. The molecular formula is C13H16FNO. The minimum absolute atomic E-state index is 0.311. The highest BCUT2D eigenvalue weighted by Crippen LogP contribution is 2.22. The van der Waals surface area contributed by atoms with Crippen LogP contribution in [0.2, 0.25) is 0 Å². The van der Waals surface area contributed by atoms with Crippen LogP contribution in [-0.2, 0) is 6.42 Å². The second-order valence-electron chi connectivity index (χ2n) is 3.29. The van der Waals surface area contributed by atoms with Crippen LogP contribution in [0.5, 0.6) is 5.75 Å². The van der Waals surface area contributed by atoms with Gasteiger partial charge < -0.3 is 10.5 Å². The molecule has 1 aromatic carbocycles. The Labute approximate surface area is 95.6 Å². The van der Waals surface area contributed by atoms with Gasteiger partial charge in [-0.15, -0.1) is 11.8 Å². The SMILES string of the molecule is CC#CCCOc1c(F)cccc1CCN. The van der Waals surface area contributed by atoms with Gasteiger partial charge in [-0.05, 0) is 31.5 Å². The van der Waals surface area contributed by atoms with Crippen LogP contribution in [0, 0.1) is 17.7 Å². The zero-order valence-corrected chi connectivity index (χ0v) is 9.42. The second kappa shape index (κ2) is 6.86. The van der Waals surface area contributed by atoms with E-state index in [1.807, 2.05) is 6.07 Å². The molecule has 3 heteroatoms. The molecule has 0 aliphatic rings. The van der Waals surface area contributed by atoms with Gasteiger partial charge in [-0.1, -0.05) is 12.1 Å². The molecule has 0 amide bonds. The molecule has 0 fully saturated rings. The van der Waals surface area contributed by atoms with Crippen LogP contribution in [0.4, 0.5) is 4.39 Å². The third-order valence-electron chi connectivity index (χ3n) is 2.11. The average Bonchev–Trinajstić information content (AvgIpc) is 2.28. The molecule has 0 bridgehead atoms. The third kappa shape index (κ3) is 3.56. The van der Waals surface area contributed by atoms with Gasteiger partial charge in [0.1, 0.15) is 0 Å². The molecule has 86 valence electrons. The lowest BCUT2D eigenvalue weighted by molar-refractivity contribution is 0.306. The summed E-state index contributed by atoms with van der Waals surface area (Å²) in [5, 5.41) is 0. The van der Waals surface area contributed by atoms with E-state index < -0.39 is 0 Å². The first kappa shape index (κ1) is 12.5. The van der Waals surface area contributed by atoms with E-state index in [4.69, 9.17) is 10.5 Å². The summed E-state index contributed by atoms with van der Waals surface area (Å²) in [4.78, 5) is 0. The second-order valence-corrected chi connectivity index (χ2v) is 3.29. The Morgan fingerprint density at radius 1 is 1.44 bits per heavy atom. The van der Waals surface area contributed by atoms with Crippen molar-refractivity contribution in [1.29, 1.82) is 0 Å². The van der Waals surface area contributed by atoms with E-state index in [2.05, 4.69) is 11.8 Å². The summed E-state index contributed by atoms with van der Waals surface area (Å²) >= 11 is 0. The van der Waals surface area contributed by atoms with Gasteiger partial charge in [0.2, 0.25) is 0 Å². The van der Waals surface area contributed by atoms with Crippen LogP contribution >= 0.6 is 0 Å². The summed E-state index contributed by atoms with van der Waals surface area (Å²) in [5.74, 6) is 5.61. The summed E-state index contributed by atoms with van der Waals surface area (Å²) in [6, 6.07) is 4.89. The van der Waals surface area contributed by atoms with E-state index in [0.29, 0.717) is 31.7 Å². The highest BCUT2D eigenvalue weighted by molar-refractivity contribution is 5.35. The Hall–Kier alpha value is -1.53. The fraction of sp³-hybridized carbons (Fsp3) is 0.385. The molecule has 2 N–H and O–H groups in total. The molecule has 0 saturated carbocycles. The maximum atomic E-state index is 13.5. The smallest absolute Gasteiger partial charge is 0.165 e. The fourth-order valence-electron chi connectivity index (χ4n) is 1.40. The van der Waals surface area contributed by atoms with Crippen molar-refractivity contribution in [3.63, 3.8) is 0 Å². The number of halogens is 1. The standard InChI is InChI=1S/C13H16FNO/c1-2-3-4-10-16-13-11(8-9-15)6-5-7-12(13)14/h5-7H,4,8-10,15H2,1H3. The lowest BCUT2D eigenvalue weighted by atomic mass is 10.1. The maximum absolute atomic E-state index is 13.5. The Bertz CT molecular complexity index is 393. The molecule has 0 spiro atoms. The molecular weight excluding hydrogens is 205 g/mol. The zero-order chi connectivity index (χ0) is 11.8. The highest BCUT2D eigenvalue weighted by atomic mass is 19.1. The van der Waals surface area contributed by atoms with Crippen LogP contribution in [0.15, 0.2) is 18.2 Å². The number of rotatable bonds is 5. The summed E-state index contributed by atoms with van der Waals surface area (Å²) in [5.41, 5.74) is 6.27. The molecule has 16 heavy (non-hydrogen) atoms. The van der Waals surface area contributed by atoms with Crippen molar-refractivity contribution in [3.8, 4) is 17.6 Å². The molecule has 1 rings (SSSR count). The number of ether oxygens (including phenoxy) is 1. The van der Waals surface area contributed by atoms with E-state index >= 15 is 0 Å². The largest absolute Gasteiger partial charge is 0.489 e. The van der Waals surface area contributed by atoms with Gasteiger partial charge in [-0.3, -0.25) is 0 Å². The monoisotopic (exact) mass is 221 g/mol. The molecule has 0 aliphatic carbocycles. The number of benzene rings is 1. The van der Waals surface area contributed by atoms with Gasteiger partial charge in [0, 0.05) is 6.42 Å². The number of para-hydroxylation sites is 1. The summed E-state index contributed by atoms with van der Waals surface area (Å²) in [6.45, 7) is 2.65. The minimum atomic E-state index is -0.338. The van der Waals surface area contributed by atoms with Gasteiger partial charge in [-0.2, -0.15) is 0 Å². The van der Waals surface area contributed by atoms with Crippen molar-refractivity contribution < 1.29 is 9.13 Å². The van der Waals surface area contributed by atoms with Gasteiger partial charge >= 0.3 is 0 Å². The molecule has 0 aromatic heterocycles. The van der Waals surface area contributed by atoms with Crippen LogP contribution in [0.3, 0.4) is 0 Å². The Balaban J connectivity index is 2.70. The summed E-state index contributed by atoms with van der Waals surface area (Å²) in [7, 11) is 0. The van der Waals surface area contributed by atoms with Crippen molar-refractivity contribution >= 4 is 0 Å². The lowest BCUT2D eigenvalue weighted by Gasteiger charge is -2.10. The topological polar surface area (TPSA) is 35.2 Å². The van der Waals surface area contributed by atoms with Crippen molar-refractivity contribution in [2.24, 2.45) is 5.73 Å². The molecule has 1 aromatic rings. The van der Waals surface area contributed by atoms with Gasteiger partial charge in [-0.25, -0.2) is 4.39 Å². The maximum Gasteiger partial charge on any atom is 0.165 e. The van der Waals surface area contributed by atoms with Gasteiger partial charge in [0.25, 0.3) is 0 Å². The van der Waals surface area contributed by atoms with Crippen LogP contribution in [0.1, 0.15) is 18.9 Å². The van der Waals surface area contributed by atoms with Crippen molar-refractivity contribution in [2.45, 2.75) is 19.8 Å². The van der Waals surface area contributed by atoms with Crippen LogP contribution in [0.25, 0.3) is 0 Å². The van der Waals surface area contributed by atoms with Crippen molar-refractivity contribution in [2.75, 3.05) is 13.2 Å². The quantitative estimate of drug-likeness (QED) is 0.610. The third-order valence-corrected chi connectivity index (χ3v) is 2.11. The fourth-order valence-corrected chi connectivity index (χ4v) is 1.40. The van der Waals surface area contributed by atoms with Crippen molar-refractivity contribution in [1.82, 2.24) is 0 Å².